The lowest BCUT2D eigenvalue weighted by atomic mass is 9.79. The Hall–Kier alpha value is -2.39. The van der Waals surface area contributed by atoms with Gasteiger partial charge in [-0.15, -0.1) is 0 Å². The summed E-state index contributed by atoms with van der Waals surface area (Å²) in [7, 11) is 0. The predicted octanol–water partition coefficient (Wildman–Crippen LogP) is 5.23. The number of aryl methyl sites for hydroxylation is 1. The van der Waals surface area contributed by atoms with Gasteiger partial charge < -0.3 is 0 Å². The van der Waals surface area contributed by atoms with Gasteiger partial charge >= 0.3 is 0 Å². The second-order valence-corrected chi connectivity index (χ2v) is 6.14. The lowest BCUT2D eigenvalue weighted by Crippen LogP contribution is -2.13. The van der Waals surface area contributed by atoms with Gasteiger partial charge in [0.05, 0.1) is 11.6 Å². The Morgan fingerprint density at radius 3 is 2.43 bits per heavy atom. The zero-order valence-electron chi connectivity index (χ0n) is 13.2. The number of allylic oxidation sites excluding steroid dienone is 4. The summed E-state index contributed by atoms with van der Waals surface area (Å²) in [5, 5.41) is 17.1. The highest BCUT2D eigenvalue weighted by Crippen LogP contribution is 2.32. The molecule has 0 unspecified atom stereocenters. The molecule has 0 spiro atoms. The van der Waals surface area contributed by atoms with Crippen LogP contribution in [-0.2, 0) is 6.42 Å². The van der Waals surface area contributed by atoms with E-state index in [9.17, 15) is 4.39 Å². The molecule has 1 aliphatic carbocycles. The van der Waals surface area contributed by atoms with Crippen LogP contribution in [0.5, 0.6) is 0 Å². The van der Waals surface area contributed by atoms with E-state index in [1.165, 1.54) is 37.0 Å². The lowest BCUT2D eigenvalue weighted by molar-refractivity contribution is 0.296. The van der Waals surface area contributed by atoms with Gasteiger partial charge in [0.15, 0.2) is 5.83 Å². The highest BCUT2D eigenvalue weighted by Gasteiger charge is 2.19. The van der Waals surface area contributed by atoms with Crippen LogP contribution in [0.25, 0.3) is 0 Å². The number of hydrogen-bond donors (Lipinski definition) is 0. The molecule has 0 aromatic heterocycles. The quantitative estimate of drug-likeness (QED) is 0.552. The molecule has 118 valence electrons. The highest BCUT2D eigenvalue weighted by molar-refractivity contribution is 5.31. The molecular formula is C20H21FN2. The zero-order chi connectivity index (χ0) is 16.5. The average molecular weight is 308 g/mol. The largest absolute Gasteiger partial charge is 0.199 e. The first kappa shape index (κ1) is 17.0. The molecule has 1 aliphatic rings. The Bertz CT molecular complexity index is 636. The maximum atomic E-state index is 12.7. The Kier molecular flexibility index (Phi) is 6.57. The van der Waals surface area contributed by atoms with Crippen LogP contribution in [0.2, 0.25) is 0 Å². The van der Waals surface area contributed by atoms with E-state index in [0.29, 0.717) is 11.5 Å². The summed E-state index contributed by atoms with van der Waals surface area (Å²) in [6.07, 6.45) is 11.8. The van der Waals surface area contributed by atoms with Crippen molar-refractivity contribution in [1.82, 2.24) is 0 Å². The fourth-order valence-electron chi connectivity index (χ4n) is 3.12. The van der Waals surface area contributed by atoms with Gasteiger partial charge in [0.25, 0.3) is 0 Å². The Morgan fingerprint density at radius 2 is 1.83 bits per heavy atom. The second kappa shape index (κ2) is 8.91. The molecule has 3 heteroatoms. The maximum Gasteiger partial charge on any atom is 0.199 e. The molecule has 2 rings (SSSR count). The zero-order valence-corrected chi connectivity index (χ0v) is 13.2. The molecule has 0 amide bonds. The summed E-state index contributed by atoms with van der Waals surface area (Å²) in [6.45, 7) is 0. The summed E-state index contributed by atoms with van der Waals surface area (Å²) in [6, 6.07) is 11.5. The molecular weight excluding hydrogens is 287 g/mol. The SMILES string of the molecule is N#CC(F)=CC=C[C@H]1CC[C@H](CCc2ccc(C#N)cc2)CC1. The van der Waals surface area contributed by atoms with Crippen molar-refractivity contribution in [3.8, 4) is 12.1 Å². The van der Waals surface area contributed by atoms with E-state index in [4.69, 9.17) is 10.5 Å². The normalized spacial score (nSPS) is 21.8. The van der Waals surface area contributed by atoms with E-state index < -0.39 is 5.83 Å². The molecule has 1 fully saturated rings. The number of rotatable bonds is 5. The molecule has 1 aromatic carbocycles. The van der Waals surface area contributed by atoms with Gasteiger partial charge in [-0.2, -0.15) is 14.9 Å². The van der Waals surface area contributed by atoms with Crippen molar-refractivity contribution in [2.45, 2.75) is 38.5 Å². The van der Waals surface area contributed by atoms with Gasteiger partial charge in [-0.25, -0.2) is 0 Å². The Balaban J connectivity index is 1.72. The van der Waals surface area contributed by atoms with Crippen LogP contribution in [0.4, 0.5) is 4.39 Å². The van der Waals surface area contributed by atoms with E-state index >= 15 is 0 Å². The topological polar surface area (TPSA) is 47.6 Å². The second-order valence-electron chi connectivity index (χ2n) is 6.14. The fraction of sp³-hybridized carbons (Fsp3) is 0.400. The molecule has 2 nitrogen and oxygen atoms in total. The van der Waals surface area contributed by atoms with E-state index in [1.807, 2.05) is 30.3 Å². The molecule has 23 heavy (non-hydrogen) atoms. The fourth-order valence-corrected chi connectivity index (χ4v) is 3.12. The number of nitriles is 2. The molecule has 0 aliphatic heterocycles. The molecule has 0 atom stereocenters. The summed E-state index contributed by atoms with van der Waals surface area (Å²) in [4.78, 5) is 0. The molecule has 1 aromatic rings. The average Bonchev–Trinajstić information content (AvgIpc) is 2.61. The van der Waals surface area contributed by atoms with E-state index in [-0.39, 0.29) is 0 Å². The Morgan fingerprint density at radius 1 is 1.13 bits per heavy atom. The van der Waals surface area contributed by atoms with Crippen molar-refractivity contribution < 1.29 is 4.39 Å². The first-order chi connectivity index (χ1) is 11.2. The molecule has 1 saturated carbocycles. The molecule has 0 saturated heterocycles. The van der Waals surface area contributed by atoms with Gasteiger partial charge in [0.1, 0.15) is 6.07 Å². The third kappa shape index (κ3) is 5.72. The number of nitrogens with zero attached hydrogens (tertiary/aromatic N) is 2. The van der Waals surface area contributed by atoms with Crippen molar-refractivity contribution in [2.24, 2.45) is 11.8 Å². The third-order valence-corrected chi connectivity index (χ3v) is 4.55. The first-order valence-corrected chi connectivity index (χ1v) is 8.14. The molecule has 0 bridgehead atoms. The van der Waals surface area contributed by atoms with Gasteiger partial charge in [-0.3, -0.25) is 0 Å². The van der Waals surface area contributed by atoms with Gasteiger partial charge in [-0.1, -0.05) is 24.3 Å². The van der Waals surface area contributed by atoms with Gasteiger partial charge in [0.2, 0.25) is 0 Å². The van der Waals surface area contributed by atoms with Crippen LogP contribution in [0.1, 0.15) is 43.2 Å². The van der Waals surface area contributed by atoms with Gasteiger partial charge in [0, 0.05) is 0 Å². The van der Waals surface area contributed by atoms with Crippen molar-refractivity contribution in [1.29, 1.82) is 10.5 Å². The van der Waals surface area contributed by atoms with Crippen LogP contribution in [0.3, 0.4) is 0 Å². The summed E-state index contributed by atoms with van der Waals surface area (Å²) >= 11 is 0. The predicted molar refractivity (Wildman–Crippen MR) is 88.9 cm³/mol. The molecule has 0 heterocycles. The van der Waals surface area contributed by atoms with Crippen molar-refractivity contribution in [2.75, 3.05) is 0 Å². The summed E-state index contributed by atoms with van der Waals surface area (Å²) in [5.41, 5.74) is 2.01. The highest BCUT2D eigenvalue weighted by atomic mass is 19.1. The number of halogens is 1. The van der Waals surface area contributed by atoms with Crippen LogP contribution in [-0.4, -0.2) is 0 Å². The van der Waals surface area contributed by atoms with Crippen molar-refractivity contribution in [3.63, 3.8) is 0 Å². The lowest BCUT2D eigenvalue weighted by Gasteiger charge is -2.26. The van der Waals surface area contributed by atoms with Crippen LogP contribution < -0.4 is 0 Å². The minimum atomic E-state index is -0.739. The summed E-state index contributed by atoms with van der Waals surface area (Å²) < 4.78 is 12.7. The minimum Gasteiger partial charge on any atom is -0.195 e. The first-order valence-electron chi connectivity index (χ1n) is 8.14. The Labute approximate surface area is 137 Å². The number of benzene rings is 1. The third-order valence-electron chi connectivity index (χ3n) is 4.55. The molecule has 0 radical (unpaired) electrons. The van der Waals surface area contributed by atoms with Crippen molar-refractivity contribution in [3.05, 3.63) is 59.4 Å². The standard InChI is InChI=1S/C20H21FN2/c21-20(15-23)3-1-2-16-4-6-17(7-5-16)8-9-18-10-12-19(14-22)13-11-18/h1-3,10-13,16-17H,4-9H2/t16-,17-. The monoisotopic (exact) mass is 308 g/mol. The van der Waals surface area contributed by atoms with Crippen LogP contribution >= 0.6 is 0 Å². The van der Waals surface area contributed by atoms with E-state index in [0.717, 1.165) is 25.2 Å². The van der Waals surface area contributed by atoms with Crippen LogP contribution in [0.15, 0.2) is 48.3 Å². The smallest absolute Gasteiger partial charge is 0.195 e. The summed E-state index contributed by atoms with van der Waals surface area (Å²) in [5.74, 6) is 0.517. The maximum absolute atomic E-state index is 12.7. The van der Waals surface area contributed by atoms with E-state index in [1.54, 1.807) is 6.08 Å². The van der Waals surface area contributed by atoms with Gasteiger partial charge in [-0.05, 0) is 74.1 Å². The van der Waals surface area contributed by atoms with Crippen LogP contribution in [0, 0.1) is 34.5 Å². The molecule has 0 N–H and O–H groups in total. The minimum absolute atomic E-state index is 0.504. The van der Waals surface area contributed by atoms with Crippen molar-refractivity contribution >= 4 is 0 Å². The van der Waals surface area contributed by atoms with E-state index in [2.05, 4.69) is 6.07 Å². The number of hydrogen-bond acceptors (Lipinski definition) is 2.